The van der Waals surface area contributed by atoms with Crippen molar-refractivity contribution in [1.82, 2.24) is 9.71 Å². The lowest BCUT2D eigenvalue weighted by Crippen LogP contribution is -2.24. The van der Waals surface area contributed by atoms with E-state index in [4.69, 9.17) is 0 Å². The number of halogens is 1. The van der Waals surface area contributed by atoms with Gasteiger partial charge in [0.25, 0.3) is 0 Å². The number of nitrogens with one attached hydrogen (secondary N) is 1. The molecule has 4 nitrogen and oxygen atoms in total. The van der Waals surface area contributed by atoms with Gasteiger partial charge in [-0.2, -0.15) is 0 Å². The molecule has 0 saturated heterocycles. The van der Waals surface area contributed by atoms with E-state index < -0.39 is 15.8 Å². The number of para-hydroxylation sites is 1. The van der Waals surface area contributed by atoms with Gasteiger partial charge >= 0.3 is 0 Å². The summed E-state index contributed by atoms with van der Waals surface area (Å²) >= 11 is 0. The van der Waals surface area contributed by atoms with Crippen LogP contribution >= 0.6 is 0 Å². The Morgan fingerprint density at radius 1 is 1.00 bits per heavy atom. The summed E-state index contributed by atoms with van der Waals surface area (Å²) in [4.78, 5) is 4.21. The number of benzene rings is 2. The second-order valence-corrected chi connectivity index (χ2v) is 6.48. The highest BCUT2D eigenvalue weighted by Crippen LogP contribution is 2.20. The molecule has 0 aliphatic rings. The number of aromatic nitrogens is 1. The number of rotatable bonds is 4. The van der Waals surface area contributed by atoms with Crippen molar-refractivity contribution in [3.8, 4) is 0 Å². The Morgan fingerprint density at radius 2 is 1.77 bits per heavy atom. The van der Waals surface area contributed by atoms with E-state index in [0.29, 0.717) is 11.1 Å². The Labute approximate surface area is 127 Å². The van der Waals surface area contributed by atoms with Gasteiger partial charge in [-0.3, -0.25) is 4.98 Å². The van der Waals surface area contributed by atoms with Crippen LogP contribution in [0.15, 0.2) is 65.7 Å². The van der Waals surface area contributed by atoms with Crippen LogP contribution in [0.3, 0.4) is 0 Å². The van der Waals surface area contributed by atoms with Gasteiger partial charge in [0.15, 0.2) is 0 Å². The van der Waals surface area contributed by atoms with Crippen molar-refractivity contribution in [2.45, 2.75) is 11.4 Å². The average molecular weight is 316 g/mol. The fraction of sp³-hybridized carbons (Fsp3) is 0.0625. The van der Waals surface area contributed by atoms with Gasteiger partial charge < -0.3 is 0 Å². The maximum atomic E-state index is 13.6. The van der Waals surface area contributed by atoms with Gasteiger partial charge in [0.1, 0.15) is 10.7 Å². The Bertz CT molecular complexity index is 921. The smallest absolute Gasteiger partial charge is 0.243 e. The van der Waals surface area contributed by atoms with E-state index in [1.807, 2.05) is 0 Å². The third kappa shape index (κ3) is 2.84. The molecule has 0 fully saturated rings. The van der Waals surface area contributed by atoms with Crippen LogP contribution in [-0.2, 0) is 16.6 Å². The molecule has 0 bridgehead atoms. The fourth-order valence-electron chi connectivity index (χ4n) is 2.19. The molecule has 1 aromatic heterocycles. The zero-order valence-electron chi connectivity index (χ0n) is 11.5. The molecule has 1 N–H and O–H groups in total. The highest BCUT2D eigenvalue weighted by molar-refractivity contribution is 7.89. The maximum absolute atomic E-state index is 13.6. The normalized spacial score (nSPS) is 11.7. The Hall–Kier alpha value is -2.31. The quantitative estimate of drug-likeness (QED) is 0.805. The molecule has 0 unspecified atom stereocenters. The van der Waals surface area contributed by atoms with Crippen molar-refractivity contribution < 1.29 is 12.8 Å². The molecular weight excluding hydrogens is 303 g/mol. The minimum absolute atomic E-state index is 0.0851. The van der Waals surface area contributed by atoms with Crippen molar-refractivity contribution in [2.24, 2.45) is 0 Å². The van der Waals surface area contributed by atoms with Crippen LogP contribution < -0.4 is 4.72 Å². The lowest BCUT2D eigenvalue weighted by atomic mass is 10.2. The van der Waals surface area contributed by atoms with E-state index in [9.17, 15) is 12.8 Å². The average Bonchev–Trinajstić information content (AvgIpc) is 2.53. The summed E-state index contributed by atoms with van der Waals surface area (Å²) in [6, 6.07) is 14.5. The number of sulfonamides is 1. The molecule has 3 aromatic rings. The monoisotopic (exact) mass is 316 g/mol. The van der Waals surface area contributed by atoms with Gasteiger partial charge in [-0.25, -0.2) is 17.5 Å². The summed E-state index contributed by atoms with van der Waals surface area (Å²) in [6.07, 6.45) is 1.54. The largest absolute Gasteiger partial charge is 0.255 e. The zero-order valence-corrected chi connectivity index (χ0v) is 12.3. The SMILES string of the molecule is O=S(=O)(NCc1ccccc1F)c1cccc2cccnc12. The fourth-order valence-corrected chi connectivity index (χ4v) is 3.37. The maximum Gasteiger partial charge on any atom is 0.243 e. The van der Waals surface area contributed by atoms with Gasteiger partial charge in [-0.05, 0) is 18.2 Å². The van der Waals surface area contributed by atoms with Crippen LogP contribution in [0.1, 0.15) is 5.56 Å². The molecule has 0 spiro atoms. The Kier molecular flexibility index (Phi) is 3.87. The second-order valence-electron chi connectivity index (χ2n) is 4.75. The van der Waals surface area contributed by atoms with E-state index >= 15 is 0 Å². The molecule has 2 aromatic carbocycles. The van der Waals surface area contributed by atoms with Crippen LogP contribution in [0.4, 0.5) is 4.39 Å². The highest BCUT2D eigenvalue weighted by atomic mass is 32.2. The molecule has 0 amide bonds. The third-order valence-corrected chi connectivity index (χ3v) is 4.73. The lowest BCUT2D eigenvalue weighted by molar-refractivity contribution is 0.575. The Morgan fingerprint density at radius 3 is 2.59 bits per heavy atom. The molecular formula is C16H13FN2O2S. The van der Waals surface area contributed by atoms with Crippen molar-refractivity contribution in [1.29, 1.82) is 0 Å². The van der Waals surface area contributed by atoms with Crippen LogP contribution in [-0.4, -0.2) is 13.4 Å². The van der Waals surface area contributed by atoms with E-state index in [2.05, 4.69) is 9.71 Å². The number of nitrogens with zero attached hydrogens (tertiary/aromatic N) is 1. The molecule has 22 heavy (non-hydrogen) atoms. The first-order valence-electron chi connectivity index (χ1n) is 6.65. The summed E-state index contributed by atoms with van der Waals surface area (Å²) in [6.45, 7) is -0.113. The van der Waals surface area contributed by atoms with Crippen LogP contribution in [0.2, 0.25) is 0 Å². The molecule has 0 saturated carbocycles. The first-order chi connectivity index (χ1) is 10.6. The summed E-state index contributed by atoms with van der Waals surface area (Å²) in [7, 11) is -3.78. The summed E-state index contributed by atoms with van der Waals surface area (Å²) in [5.74, 6) is -0.443. The summed E-state index contributed by atoms with van der Waals surface area (Å²) in [5, 5.41) is 0.733. The Balaban J connectivity index is 1.94. The first kappa shape index (κ1) is 14.6. The number of hydrogen-bond donors (Lipinski definition) is 1. The van der Waals surface area contributed by atoms with Gasteiger partial charge in [-0.15, -0.1) is 0 Å². The molecule has 112 valence electrons. The predicted molar refractivity (Wildman–Crippen MR) is 82.2 cm³/mol. The van der Waals surface area contributed by atoms with Gasteiger partial charge in [-0.1, -0.05) is 36.4 Å². The topological polar surface area (TPSA) is 59.1 Å². The van der Waals surface area contributed by atoms with E-state index in [-0.39, 0.29) is 11.4 Å². The van der Waals surface area contributed by atoms with Crippen molar-refractivity contribution in [2.75, 3.05) is 0 Å². The molecule has 3 rings (SSSR count). The minimum Gasteiger partial charge on any atom is -0.255 e. The third-order valence-electron chi connectivity index (χ3n) is 3.30. The van der Waals surface area contributed by atoms with E-state index in [1.165, 1.54) is 18.3 Å². The minimum atomic E-state index is -3.78. The summed E-state index contributed by atoms with van der Waals surface area (Å²) in [5.41, 5.74) is 0.685. The van der Waals surface area contributed by atoms with Gasteiger partial charge in [0.2, 0.25) is 10.0 Å². The van der Waals surface area contributed by atoms with E-state index in [0.717, 1.165) is 5.39 Å². The van der Waals surface area contributed by atoms with Crippen molar-refractivity contribution in [3.05, 3.63) is 72.2 Å². The van der Waals surface area contributed by atoms with E-state index in [1.54, 1.807) is 42.5 Å². The number of pyridine rings is 1. The lowest BCUT2D eigenvalue weighted by Gasteiger charge is -2.09. The van der Waals surface area contributed by atoms with Crippen LogP contribution in [0.25, 0.3) is 10.9 Å². The van der Waals surface area contributed by atoms with Gasteiger partial charge in [0.05, 0.1) is 5.52 Å². The molecule has 0 aliphatic carbocycles. The van der Waals surface area contributed by atoms with Crippen molar-refractivity contribution >= 4 is 20.9 Å². The predicted octanol–water partition coefficient (Wildman–Crippen LogP) is 2.85. The van der Waals surface area contributed by atoms with Crippen LogP contribution in [0, 0.1) is 5.82 Å². The molecule has 0 aliphatic heterocycles. The number of fused-ring (bicyclic) bond motifs is 1. The molecule has 1 heterocycles. The highest BCUT2D eigenvalue weighted by Gasteiger charge is 2.18. The zero-order chi connectivity index (χ0) is 15.6. The standard InChI is InChI=1S/C16H13FN2O2S/c17-14-8-2-1-5-13(14)11-19-22(20,21)15-9-3-6-12-7-4-10-18-16(12)15/h1-10,19H,11H2. The molecule has 0 atom stereocenters. The molecule has 6 heteroatoms. The summed E-state index contributed by atoms with van der Waals surface area (Å²) < 4.78 is 40.9. The van der Waals surface area contributed by atoms with Gasteiger partial charge in [0, 0.05) is 23.7 Å². The van der Waals surface area contributed by atoms with Crippen LogP contribution in [0.5, 0.6) is 0 Å². The number of hydrogen-bond acceptors (Lipinski definition) is 3. The van der Waals surface area contributed by atoms with Crippen molar-refractivity contribution in [3.63, 3.8) is 0 Å². The molecule has 0 radical (unpaired) electrons. The first-order valence-corrected chi connectivity index (χ1v) is 8.13. The second kappa shape index (κ2) is 5.82.